The van der Waals surface area contributed by atoms with Crippen molar-refractivity contribution in [3.63, 3.8) is 0 Å². The van der Waals surface area contributed by atoms with Gasteiger partial charge in [0.15, 0.2) is 0 Å². The summed E-state index contributed by atoms with van der Waals surface area (Å²) in [5.74, 6) is 0.205. The Morgan fingerprint density at radius 2 is 1.76 bits per heavy atom. The summed E-state index contributed by atoms with van der Waals surface area (Å²) in [6, 6.07) is 19.5. The van der Waals surface area contributed by atoms with Crippen molar-refractivity contribution in [2.24, 2.45) is 5.73 Å². The number of amides is 1. The molecule has 0 fully saturated rings. The van der Waals surface area contributed by atoms with Crippen molar-refractivity contribution in [2.75, 3.05) is 13.2 Å². The Balaban J connectivity index is 1.61. The Hall–Kier alpha value is -4.30. The zero-order valence-corrected chi connectivity index (χ0v) is 21.6. The maximum absolute atomic E-state index is 12.2. The summed E-state index contributed by atoms with van der Waals surface area (Å²) >= 11 is 0. The highest BCUT2D eigenvalue weighted by atomic mass is 16.5. The van der Waals surface area contributed by atoms with Crippen LogP contribution < -0.4 is 15.8 Å². The van der Waals surface area contributed by atoms with Gasteiger partial charge in [-0.1, -0.05) is 30.3 Å². The molecule has 4 rings (SSSR count). The van der Waals surface area contributed by atoms with Gasteiger partial charge in [-0.3, -0.25) is 4.79 Å². The number of benzene rings is 3. The molecule has 3 N–H and O–H groups in total. The van der Waals surface area contributed by atoms with Gasteiger partial charge in [0, 0.05) is 29.6 Å². The number of carbonyl (C=O) groups is 2. The van der Waals surface area contributed by atoms with E-state index < -0.39 is 6.09 Å². The van der Waals surface area contributed by atoms with E-state index in [1.54, 1.807) is 20.1 Å². The number of esters is 1. The first-order valence-corrected chi connectivity index (χ1v) is 12.6. The summed E-state index contributed by atoms with van der Waals surface area (Å²) < 4.78 is 22.1. The number of hydrogen-bond donors (Lipinski definition) is 2. The first-order chi connectivity index (χ1) is 18.5. The molecule has 38 heavy (non-hydrogen) atoms. The van der Waals surface area contributed by atoms with Crippen LogP contribution in [0.5, 0.6) is 5.75 Å². The highest BCUT2D eigenvalue weighted by Gasteiger charge is 2.14. The van der Waals surface area contributed by atoms with Crippen molar-refractivity contribution >= 4 is 23.0 Å². The van der Waals surface area contributed by atoms with Gasteiger partial charge >= 0.3 is 12.1 Å². The molecule has 4 aromatic rings. The normalized spacial score (nSPS) is 10.8. The third kappa shape index (κ3) is 6.72. The van der Waals surface area contributed by atoms with Gasteiger partial charge in [0.2, 0.25) is 0 Å². The predicted octanol–water partition coefficient (Wildman–Crippen LogP) is 5.49. The Labute approximate surface area is 221 Å². The van der Waals surface area contributed by atoms with Crippen LogP contribution in [-0.4, -0.2) is 25.3 Å². The van der Waals surface area contributed by atoms with Gasteiger partial charge in [0.25, 0.3) is 0 Å². The van der Waals surface area contributed by atoms with Crippen LogP contribution in [0.15, 0.2) is 71.3 Å². The number of alkyl carbamates (subject to hydrolysis) is 1. The molecule has 0 saturated heterocycles. The molecule has 0 aliphatic heterocycles. The molecule has 0 radical (unpaired) electrons. The molecule has 0 spiro atoms. The SMILES string of the molecule is CCOC(=O)Cc1ccc(CNC(=O)OCC)cc1OCc1cc(-c2cccc(CN)c2)c2occc2c1. The summed E-state index contributed by atoms with van der Waals surface area (Å²) in [6.45, 7) is 5.08. The number of hydrogen-bond acceptors (Lipinski definition) is 7. The topological polar surface area (TPSA) is 113 Å². The number of rotatable bonds is 11. The number of carbonyl (C=O) groups excluding carboxylic acids is 2. The quantitative estimate of drug-likeness (QED) is 0.254. The number of nitrogens with one attached hydrogen (secondary N) is 1. The molecule has 0 aliphatic carbocycles. The van der Waals surface area contributed by atoms with Crippen LogP contribution in [0, 0.1) is 0 Å². The molecule has 198 valence electrons. The fourth-order valence-corrected chi connectivity index (χ4v) is 4.18. The minimum atomic E-state index is -0.495. The second kappa shape index (κ2) is 12.8. The smallest absolute Gasteiger partial charge is 0.407 e. The maximum atomic E-state index is 12.2. The Morgan fingerprint density at radius 3 is 2.55 bits per heavy atom. The van der Waals surface area contributed by atoms with E-state index in [-0.39, 0.29) is 32.1 Å². The first kappa shape index (κ1) is 26.8. The largest absolute Gasteiger partial charge is 0.489 e. The highest BCUT2D eigenvalue weighted by Crippen LogP contribution is 2.32. The lowest BCUT2D eigenvalue weighted by atomic mass is 9.99. The summed E-state index contributed by atoms with van der Waals surface area (Å²) in [5.41, 5.74) is 12.1. The highest BCUT2D eigenvalue weighted by molar-refractivity contribution is 5.93. The van der Waals surface area contributed by atoms with Crippen LogP contribution in [0.2, 0.25) is 0 Å². The van der Waals surface area contributed by atoms with Crippen LogP contribution in [0.25, 0.3) is 22.1 Å². The summed E-state index contributed by atoms with van der Waals surface area (Å²) in [4.78, 5) is 23.9. The summed E-state index contributed by atoms with van der Waals surface area (Å²) in [6.07, 6.45) is 1.25. The van der Waals surface area contributed by atoms with Crippen LogP contribution in [0.1, 0.15) is 36.1 Å². The molecule has 0 bridgehead atoms. The Morgan fingerprint density at radius 1 is 0.921 bits per heavy atom. The molecular formula is C30H32N2O6. The van der Waals surface area contributed by atoms with Gasteiger partial charge < -0.3 is 29.7 Å². The van der Waals surface area contributed by atoms with Gasteiger partial charge in [-0.25, -0.2) is 4.79 Å². The monoisotopic (exact) mass is 516 g/mol. The average molecular weight is 517 g/mol. The fraction of sp³-hybridized carbons (Fsp3) is 0.267. The zero-order valence-electron chi connectivity index (χ0n) is 21.6. The van der Waals surface area contributed by atoms with Crippen LogP contribution >= 0.6 is 0 Å². The Bertz CT molecular complexity index is 1410. The summed E-state index contributed by atoms with van der Waals surface area (Å²) in [7, 11) is 0. The van der Waals surface area contributed by atoms with E-state index in [0.717, 1.165) is 38.8 Å². The number of fused-ring (bicyclic) bond motifs is 1. The molecule has 0 saturated carbocycles. The van der Waals surface area contributed by atoms with E-state index >= 15 is 0 Å². The molecular weight excluding hydrogens is 484 g/mol. The maximum Gasteiger partial charge on any atom is 0.407 e. The lowest BCUT2D eigenvalue weighted by molar-refractivity contribution is -0.142. The van der Waals surface area contributed by atoms with Gasteiger partial charge in [0.1, 0.15) is 17.9 Å². The van der Waals surface area contributed by atoms with Crippen molar-refractivity contribution in [2.45, 2.75) is 40.0 Å². The number of ether oxygens (including phenoxy) is 3. The fourth-order valence-electron chi connectivity index (χ4n) is 4.18. The van der Waals surface area contributed by atoms with E-state index in [9.17, 15) is 9.59 Å². The zero-order chi connectivity index (χ0) is 26.9. The van der Waals surface area contributed by atoms with E-state index in [1.165, 1.54) is 0 Å². The van der Waals surface area contributed by atoms with Crippen molar-refractivity contribution in [1.29, 1.82) is 0 Å². The molecule has 1 heterocycles. The molecule has 1 amide bonds. The van der Waals surface area contributed by atoms with Crippen LogP contribution in [0.3, 0.4) is 0 Å². The predicted molar refractivity (Wildman–Crippen MR) is 145 cm³/mol. The third-order valence-electron chi connectivity index (χ3n) is 5.96. The van der Waals surface area contributed by atoms with Crippen LogP contribution in [-0.2, 0) is 40.4 Å². The van der Waals surface area contributed by atoms with Crippen LogP contribution in [0.4, 0.5) is 4.79 Å². The molecule has 8 nitrogen and oxygen atoms in total. The van der Waals surface area contributed by atoms with Gasteiger partial charge in [-0.05, 0) is 66.4 Å². The first-order valence-electron chi connectivity index (χ1n) is 12.6. The number of furan rings is 1. The lowest BCUT2D eigenvalue weighted by Gasteiger charge is -2.15. The van der Waals surface area contributed by atoms with Gasteiger partial charge in [-0.15, -0.1) is 0 Å². The second-order valence-electron chi connectivity index (χ2n) is 8.67. The van der Waals surface area contributed by atoms with Crippen molar-refractivity contribution in [1.82, 2.24) is 5.32 Å². The van der Waals surface area contributed by atoms with E-state index in [1.807, 2.05) is 54.6 Å². The molecule has 0 aliphatic rings. The number of nitrogens with two attached hydrogens (primary N) is 1. The minimum Gasteiger partial charge on any atom is -0.489 e. The molecule has 0 atom stereocenters. The lowest BCUT2D eigenvalue weighted by Crippen LogP contribution is -2.23. The Kier molecular flexibility index (Phi) is 9.00. The van der Waals surface area contributed by atoms with E-state index in [0.29, 0.717) is 24.5 Å². The van der Waals surface area contributed by atoms with Gasteiger partial charge in [-0.2, -0.15) is 0 Å². The summed E-state index contributed by atoms with van der Waals surface area (Å²) in [5, 5.41) is 3.66. The van der Waals surface area contributed by atoms with Gasteiger partial charge in [0.05, 0.1) is 25.9 Å². The van der Waals surface area contributed by atoms with Crippen molar-refractivity contribution in [3.05, 3.63) is 89.2 Å². The molecule has 0 unspecified atom stereocenters. The van der Waals surface area contributed by atoms with E-state index in [2.05, 4.69) is 11.4 Å². The minimum absolute atomic E-state index is 0.0760. The third-order valence-corrected chi connectivity index (χ3v) is 5.96. The standard InChI is InChI=1S/C30H32N2O6/c1-3-35-28(33)16-24-9-8-21(18-32-30(34)36-4-2)15-27(24)38-19-22-13-25-10-11-37-29(25)26(14-22)23-7-5-6-20(12-23)17-31/h5-15H,3-4,16-19,31H2,1-2H3,(H,32,34). The van der Waals surface area contributed by atoms with Crippen molar-refractivity contribution in [3.8, 4) is 16.9 Å². The van der Waals surface area contributed by atoms with Crippen molar-refractivity contribution < 1.29 is 28.2 Å². The molecule has 1 aromatic heterocycles. The second-order valence-corrected chi connectivity index (χ2v) is 8.67. The van der Waals surface area contributed by atoms with E-state index in [4.69, 9.17) is 24.4 Å². The molecule has 8 heteroatoms. The molecule has 3 aromatic carbocycles. The average Bonchev–Trinajstić information content (AvgIpc) is 3.40.